The Balaban J connectivity index is 1.73. The molecule has 1 heterocycles. The van der Waals surface area contributed by atoms with Gasteiger partial charge < -0.3 is 5.32 Å². The molecule has 0 bridgehead atoms. The molecular formula is C25H19ClN2O2. The molecular weight excluding hydrogens is 396 g/mol. The minimum Gasteiger partial charge on any atom is -0.320 e. The van der Waals surface area contributed by atoms with Crippen LogP contribution in [0.1, 0.15) is 38.8 Å². The van der Waals surface area contributed by atoms with E-state index >= 15 is 0 Å². The number of aromatic nitrogens is 1. The summed E-state index contributed by atoms with van der Waals surface area (Å²) in [5.74, 6) is -0.382. The Labute approximate surface area is 179 Å². The van der Waals surface area contributed by atoms with Gasteiger partial charge in [0.05, 0.1) is 16.2 Å². The quantitative estimate of drug-likeness (QED) is 0.411. The Kier molecular flexibility index (Phi) is 5.59. The molecule has 30 heavy (non-hydrogen) atoms. The van der Waals surface area contributed by atoms with Crippen LogP contribution in [0.2, 0.25) is 5.02 Å². The van der Waals surface area contributed by atoms with Crippen molar-refractivity contribution in [1.82, 2.24) is 4.98 Å². The van der Waals surface area contributed by atoms with Crippen molar-refractivity contribution in [2.45, 2.75) is 13.3 Å². The Morgan fingerprint density at radius 3 is 2.53 bits per heavy atom. The molecule has 5 heteroatoms. The summed E-state index contributed by atoms with van der Waals surface area (Å²) in [6.07, 6.45) is 2.24. The third-order valence-corrected chi connectivity index (χ3v) is 5.29. The highest BCUT2D eigenvalue weighted by molar-refractivity contribution is 6.36. The van der Waals surface area contributed by atoms with Gasteiger partial charge in [0.25, 0.3) is 5.91 Å². The monoisotopic (exact) mass is 414 g/mol. The van der Waals surface area contributed by atoms with Crippen molar-refractivity contribution in [2.75, 3.05) is 5.32 Å². The topological polar surface area (TPSA) is 59.1 Å². The number of pyridine rings is 1. The van der Waals surface area contributed by atoms with Crippen LogP contribution in [0.25, 0.3) is 10.9 Å². The van der Waals surface area contributed by atoms with Crippen molar-refractivity contribution in [1.29, 1.82) is 0 Å². The van der Waals surface area contributed by atoms with Gasteiger partial charge in [-0.1, -0.05) is 54.1 Å². The van der Waals surface area contributed by atoms with E-state index in [2.05, 4.69) is 10.3 Å². The number of carbonyl (C=O) groups excluding carboxylic acids is 2. The van der Waals surface area contributed by atoms with Gasteiger partial charge in [-0.25, -0.2) is 0 Å². The highest BCUT2D eigenvalue weighted by atomic mass is 35.5. The molecule has 4 aromatic rings. The minimum absolute atomic E-state index is 0.0890. The van der Waals surface area contributed by atoms with Gasteiger partial charge in [-0.15, -0.1) is 0 Å². The third kappa shape index (κ3) is 4.09. The number of anilines is 1. The smallest absolute Gasteiger partial charge is 0.256 e. The molecule has 0 fully saturated rings. The lowest BCUT2D eigenvalue weighted by molar-refractivity contribution is 0.101. The number of Topliss-reactive ketones (excluding diaryl/α,β-unsaturated/α-hetero) is 1. The second-order valence-corrected chi connectivity index (χ2v) is 7.45. The van der Waals surface area contributed by atoms with Crippen molar-refractivity contribution in [3.63, 3.8) is 0 Å². The van der Waals surface area contributed by atoms with Crippen molar-refractivity contribution in [3.05, 3.63) is 106 Å². The number of amides is 1. The number of benzene rings is 3. The number of ketones is 1. The second kappa shape index (κ2) is 8.47. The predicted octanol–water partition coefficient (Wildman–Crippen LogP) is 5.93. The Bertz CT molecular complexity index is 1250. The first-order valence-electron chi connectivity index (χ1n) is 9.55. The lowest BCUT2D eigenvalue weighted by atomic mass is 9.96. The molecule has 4 nitrogen and oxygen atoms in total. The minimum atomic E-state index is -0.293. The van der Waals surface area contributed by atoms with Gasteiger partial charge in [0.1, 0.15) is 0 Å². The van der Waals surface area contributed by atoms with E-state index in [1.165, 1.54) is 6.92 Å². The van der Waals surface area contributed by atoms with Gasteiger partial charge in [-0.3, -0.25) is 14.6 Å². The fourth-order valence-electron chi connectivity index (χ4n) is 3.41. The van der Waals surface area contributed by atoms with Crippen molar-refractivity contribution < 1.29 is 9.59 Å². The van der Waals surface area contributed by atoms with Gasteiger partial charge in [0.2, 0.25) is 0 Å². The molecule has 0 aliphatic heterocycles. The number of hydrogen-bond acceptors (Lipinski definition) is 3. The van der Waals surface area contributed by atoms with Crippen LogP contribution in [0.15, 0.2) is 79.0 Å². The molecule has 0 saturated heterocycles. The van der Waals surface area contributed by atoms with Crippen LogP contribution >= 0.6 is 11.6 Å². The molecule has 0 aliphatic rings. The molecule has 0 aliphatic carbocycles. The van der Waals surface area contributed by atoms with Gasteiger partial charge >= 0.3 is 0 Å². The summed E-state index contributed by atoms with van der Waals surface area (Å²) < 4.78 is 0. The average Bonchev–Trinajstić information content (AvgIpc) is 2.76. The summed E-state index contributed by atoms with van der Waals surface area (Å²) in [7, 11) is 0. The molecule has 0 spiro atoms. The second-order valence-electron chi connectivity index (χ2n) is 7.04. The fraction of sp³-hybridized carbons (Fsp3) is 0.0800. The van der Waals surface area contributed by atoms with Crippen LogP contribution in [0.3, 0.4) is 0 Å². The molecule has 3 aromatic carbocycles. The lowest BCUT2D eigenvalue weighted by Gasteiger charge is -2.13. The molecule has 0 unspecified atom stereocenters. The van der Waals surface area contributed by atoms with Crippen molar-refractivity contribution >= 4 is 39.9 Å². The number of nitrogens with zero attached hydrogens (tertiary/aromatic N) is 1. The average molecular weight is 415 g/mol. The van der Waals surface area contributed by atoms with Crippen LogP contribution in [-0.4, -0.2) is 16.7 Å². The molecule has 1 aromatic heterocycles. The third-order valence-electron chi connectivity index (χ3n) is 4.96. The zero-order valence-corrected chi connectivity index (χ0v) is 17.1. The van der Waals surface area contributed by atoms with Crippen LogP contribution in [-0.2, 0) is 6.42 Å². The summed E-state index contributed by atoms with van der Waals surface area (Å²) in [5.41, 5.74) is 4.07. The largest absolute Gasteiger partial charge is 0.320 e. The van der Waals surface area contributed by atoms with Crippen molar-refractivity contribution in [2.24, 2.45) is 0 Å². The van der Waals surface area contributed by atoms with Crippen LogP contribution in [0.5, 0.6) is 0 Å². The predicted molar refractivity (Wildman–Crippen MR) is 120 cm³/mol. The maximum Gasteiger partial charge on any atom is 0.256 e. The van der Waals surface area contributed by atoms with E-state index in [-0.39, 0.29) is 11.7 Å². The molecule has 0 radical (unpaired) electrons. The Hall–Kier alpha value is -3.50. The number of hydrogen-bond donors (Lipinski definition) is 1. The van der Waals surface area contributed by atoms with E-state index in [1.807, 2.05) is 42.5 Å². The maximum absolute atomic E-state index is 13.2. The van der Waals surface area contributed by atoms with Crippen LogP contribution in [0, 0.1) is 0 Å². The Morgan fingerprint density at radius 2 is 1.77 bits per heavy atom. The fourth-order valence-corrected chi connectivity index (χ4v) is 3.62. The SMILES string of the molecule is CC(=O)c1ccc(Cc2ccccc2)c(C(=O)Nc2ccc(Cl)c3cccnc23)c1. The maximum atomic E-state index is 13.2. The van der Waals surface area contributed by atoms with Gasteiger partial charge in [0, 0.05) is 22.7 Å². The lowest BCUT2D eigenvalue weighted by Crippen LogP contribution is -2.16. The molecule has 4 rings (SSSR count). The van der Waals surface area contributed by atoms with E-state index in [9.17, 15) is 9.59 Å². The van der Waals surface area contributed by atoms with E-state index in [1.54, 1.807) is 36.5 Å². The molecule has 1 amide bonds. The zero-order chi connectivity index (χ0) is 21.1. The first-order chi connectivity index (χ1) is 14.5. The van der Waals surface area contributed by atoms with Crippen LogP contribution in [0.4, 0.5) is 5.69 Å². The number of rotatable bonds is 5. The molecule has 0 atom stereocenters. The highest BCUT2D eigenvalue weighted by Gasteiger charge is 2.16. The summed E-state index contributed by atoms with van der Waals surface area (Å²) in [6, 6.07) is 22.3. The highest BCUT2D eigenvalue weighted by Crippen LogP contribution is 2.29. The Morgan fingerprint density at radius 1 is 0.967 bits per heavy atom. The van der Waals surface area contributed by atoms with E-state index in [0.717, 1.165) is 16.5 Å². The molecule has 0 saturated carbocycles. The summed E-state index contributed by atoms with van der Waals surface area (Å²) in [6.45, 7) is 1.49. The normalized spacial score (nSPS) is 10.7. The van der Waals surface area contributed by atoms with E-state index in [4.69, 9.17) is 11.6 Å². The summed E-state index contributed by atoms with van der Waals surface area (Å²) in [5, 5.41) is 4.28. The van der Waals surface area contributed by atoms with Gasteiger partial charge in [-0.05, 0) is 54.8 Å². The summed E-state index contributed by atoms with van der Waals surface area (Å²) in [4.78, 5) is 29.5. The van der Waals surface area contributed by atoms with E-state index < -0.39 is 0 Å². The standard InChI is InChI=1S/C25H19ClN2O2/c1-16(29)18-9-10-19(14-17-6-3-2-4-7-17)21(15-18)25(30)28-23-12-11-22(26)20-8-5-13-27-24(20)23/h2-13,15H,14H2,1H3,(H,28,30). The van der Waals surface area contributed by atoms with Crippen molar-refractivity contribution in [3.8, 4) is 0 Å². The van der Waals surface area contributed by atoms with Crippen LogP contribution < -0.4 is 5.32 Å². The number of carbonyl (C=O) groups is 2. The van der Waals surface area contributed by atoms with Gasteiger partial charge in [0.15, 0.2) is 5.78 Å². The summed E-state index contributed by atoms with van der Waals surface area (Å²) >= 11 is 6.26. The first kappa shape index (κ1) is 19.8. The number of halogens is 1. The van der Waals surface area contributed by atoms with Gasteiger partial charge in [-0.2, -0.15) is 0 Å². The molecule has 148 valence electrons. The number of fused-ring (bicyclic) bond motifs is 1. The molecule has 1 N–H and O–H groups in total. The van der Waals surface area contributed by atoms with E-state index in [0.29, 0.717) is 33.8 Å². The zero-order valence-electron chi connectivity index (χ0n) is 16.4. The first-order valence-corrected chi connectivity index (χ1v) is 9.93. The number of nitrogens with one attached hydrogen (secondary N) is 1.